The summed E-state index contributed by atoms with van der Waals surface area (Å²) in [4.78, 5) is 12.5. The van der Waals surface area contributed by atoms with Crippen LogP contribution in [0.4, 0.5) is 15.8 Å². The highest BCUT2D eigenvalue weighted by molar-refractivity contribution is 9.13. The van der Waals surface area contributed by atoms with Gasteiger partial charge in [-0.15, -0.1) is 11.3 Å². The van der Waals surface area contributed by atoms with Gasteiger partial charge < -0.3 is 11.1 Å². The van der Waals surface area contributed by atoms with Crippen LogP contribution in [0.2, 0.25) is 0 Å². The first-order chi connectivity index (χ1) is 8.47. The first kappa shape index (κ1) is 13.5. The van der Waals surface area contributed by atoms with Gasteiger partial charge in [0.2, 0.25) is 0 Å². The van der Waals surface area contributed by atoms with E-state index in [1.165, 1.54) is 23.5 Å². The Morgan fingerprint density at radius 2 is 2.06 bits per heavy atom. The Morgan fingerprint density at radius 3 is 2.61 bits per heavy atom. The Balaban J connectivity index is 2.21. The molecule has 0 aliphatic rings. The number of thiophene rings is 1. The SMILES string of the molecule is Nc1cc(F)ccc1NC(=O)c1cc(Br)c(Br)s1. The van der Waals surface area contributed by atoms with Crippen molar-refractivity contribution in [2.75, 3.05) is 11.1 Å². The number of nitrogens with one attached hydrogen (secondary N) is 1. The predicted molar refractivity (Wildman–Crippen MR) is 78.5 cm³/mol. The maximum absolute atomic E-state index is 12.9. The highest BCUT2D eigenvalue weighted by Crippen LogP contribution is 2.33. The van der Waals surface area contributed by atoms with E-state index in [9.17, 15) is 9.18 Å². The number of nitrogens with two attached hydrogens (primary N) is 1. The molecule has 0 unspecified atom stereocenters. The van der Waals surface area contributed by atoms with E-state index >= 15 is 0 Å². The fourth-order valence-electron chi connectivity index (χ4n) is 1.29. The zero-order valence-corrected chi connectivity index (χ0v) is 12.8. The number of carbonyl (C=O) groups is 1. The lowest BCUT2D eigenvalue weighted by molar-refractivity contribution is 0.103. The molecule has 1 heterocycles. The number of anilines is 2. The zero-order chi connectivity index (χ0) is 13.3. The molecule has 7 heteroatoms. The second kappa shape index (κ2) is 5.38. The third kappa shape index (κ3) is 2.90. The summed E-state index contributed by atoms with van der Waals surface area (Å²) < 4.78 is 14.5. The smallest absolute Gasteiger partial charge is 0.265 e. The van der Waals surface area contributed by atoms with E-state index < -0.39 is 5.82 Å². The molecule has 0 fully saturated rings. The van der Waals surface area contributed by atoms with Gasteiger partial charge in [-0.1, -0.05) is 0 Å². The minimum atomic E-state index is -0.438. The highest BCUT2D eigenvalue weighted by atomic mass is 79.9. The monoisotopic (exact) mass is 392 g/mol. The van der Waals surface area contributed by atoms with Gasteiger partial charge >= 0.3 is 0 Å². The summed E-state index contributed by atoms with van der Waals surface area (Å²) in [7, 11) is 0. The Bertz CT molecular complexity index is 596. The lowest BCUT2D eigenvalue weighted by Gasteiger charge is -2.06. The third-order valence-electron chi connectivity index (χ3n) is 2.13. The second-order valence-corrected chi connectivity index (χ2v) is 6.64. The van der Waals surface area contributed by atoms with Crippen molar-refractivity contribution in [1.82, 2.24) is 0 Å². The number of nitrogen functional groups attached to an aromatic ring is 1. The van der Waals surface area contributed by atoms with Crippen molar-refractivity contribution >= 4 is 60.5 Å². The molecule has 3 N–H and O–H groups in total. The molecule has 0 spiro atoms. The van der Waals surface area contributed by atoms with Gasteiger partial charge in [0.1, 0.15) is 5.82 Å². The number of hydrogen-bond acceptors (Lipinski definition) is 3. The van der Waals surface area contributed by atoms with Crippen LogP contribution in [-0.4, -0.2) is 5.91 Å². The first-order valence-electron chi connectivity index (χ1n) is 4.78. The van der Waals surface area contributed by atoms with Gasteiger partial charge in [-0.05, 0) is 56.1 Å². The number of benzene rings is 1. The van der Waals surface area contributed by atoms with E-state index in [1.54, 1.807) is 6.07 Å². The van der Waals surface area contributed by atoms with E-state index in [-0.39, 0.29) is 11.6 Å². The zero-order valence-electron chi connectivity index (χ0n) is 8.84. The number of rotatable bonds is 2. The maximum Gasteiger partial charge on any atom is 0.265 e. The van der Waals surface area contributed by atoms with Crippen molar-refractivity contribution < 1.29 is 9.18 Å². The van der Waals surface area contributed by atoms with Crippen molar-refractivity contribution in [1.29, 1.82) is 0 Å². The van der Waals surface area contributed by atoms with Crippen LogP contribution in [-0.2, 0) is 0 Å². The number of halogens is 3. The van der Waals surface area contributed by atoms with Gasteiger partial charge in [-0.3, -0.25) is 4.79 Å². The van der Waals surface area contributed by atoms with Crippen LogP contribution in [0.5, 0.6) is 0 Å². The summed E-state index contributed by atoms with van der Waals surface area (Å²) >= 11 is 7.91. The number of hydrogen-bond donors (Lipinski definition) is 2. The molecule has 0 bridgehead atoms. The first-order valence-corrected chi connectivity index (χ1v) is 7.19. The van der Waals surface area contributed by atoms with Crippen LogP contribution in [0.25, 0.3) is 0 Å². The third-order valence-corrected chi connectivity index (χ3v) is 5.39. The largest absolute Gasteiger partial charge is 0.397 e. The lowest BCUT2D eigenvalue weighted by Crippen LogP contribution is -2.11. The van der Waals surface area contributed by atoms with Crippen molar-refractivity contribution in [3.63, 3.8) is 0 Å². The topological polar surface area (TPSA) is 55.1 Å². The van der Waals surface area contributed by atoms with Crippen LogP contribution in [0.1, 0.15) is 9.67 Å². The summed E-state index contributed by atoms with van der Waals surface area (Å²) in [6, 6.07) is 5.53. The summed E-state index contributed by atoms with van der Waals surface area (Å²) in [5.74, 6) is -0.725. The summed E-state index contributed by atoms with van der Waals surface area (Å²) in [6.45, 7) is 0. The summed E-state index contributed by atoms with van der Waals surface area (Å²) in [5.41, 5.74) is 6.20. The molecule has 0 saturated carbocycles. The van der Waals surface area contributed by atoms with E-state index in [0.717, 1.165) is 14.3 Å². The average Bonchev–Trinajstić information content (AvgIpc) is 2.63. The molecular formula is C11H7Br2FN2OS. The van der Waals surface area contributed by atoms with Gasteiger partial charge in [0.05, 0.1) is 20.0 Å². The molecule has 0 saturated heterocycles. The minimum absolute atomic E-state index is 0.193. The van der Waals surface area contributed by atoms with Gasteiger partial charge in [0.15, 0.2) is 0 Å². The molecule has 0 aliphatic heterocycles. The maximum atomic E-state index is 12.9. The molecule has 0 atom stereocenters. The molecular weight excluding hydrogens is 387 g/mol. The molecule has 1 aromatic carbocycles. The molecule has 94 valence electrons. The van der Waals surface area contributed by atoms with Gasteiger partial charge in [-0.2, -0.15) is 0 Å². The lowest BCUT2D eigenvalue weighted by atomic mass is 10.2. The highest BCUT2D eigenvalue weighted by Gasteiger charge is 2.13. The van der Waals surface area contributed by atoms with Crippen LogP contribution < -0.4 is 11.1 Å². The predicted octanol–water partition coefficient (Wildman–Crippen LogP) is 4.25. The standard InChI is InChI=1S/C11H7Br2FN2OS/c12-6-4-9(18-10(6)13)11(17)16-8-2-1-5(14)3-7(8)15/h1-4H,15H2,(H,16,17). The molecule has 1 amide bonds. The molecule has 0 radical (unpaired) electrons. The van der Waals surface area contributed by atoms with Crippen LogP contribution in [0.15, 0.2) is 32.5 Å². The minimum Gasteiger partial charge on any atom is -0.397 e. The summed E-state index contributed by atoms with van der Waals surface area (Å²) in [6.07, 6.45) is 0. The normalized spacial score (nSPS) is 10.4. The summed E-state index contributed by atoms with van der Waals surface area (Å²) in [5, 5.41) is 2.63. The molecule has 18 heavy (non-hydrogen) atoms. The number of carbonyl (C=O) groups excluding carboxylic acids is 1. The Kier molecular flexibility index (Phi) is 4.04. The molecule has 2 aromatic rings. The van der Waals surface area contributed by atoms with Crippen LogP contribution in [0.3, 0.4) is 0 Å². The van der Waals surface area contributed by atoms with E-state index in [1.807, 2.05) is 0 Å². The van der Waals surface area contributed by atoms with E-state index in [0.29, 0.717) is 10.6 Å². The van der Waals surface area contributed by atoms with E-state index in [4.69, 9.17) is 5.73 Å². The van der Waals surface area contributed by atoms with Crippen molar-refractivity contribution in [3.05, 3.63) is 43.2 Å². The van der Waals surface area contributed by atoms with Crippen molar-refractivity contribution in [2.45, 2.75) is 0 Å². The fourth-order valence-corrected chi connectivity index (χ4v) is 3.22. The second-order valence-electron chi connectivity index (χ2n) is 3.42. The number of amides is 1. The molecule has 2 rings (SSSR count). The molecule has 0 aliphatic carbocycles. The van der Waals surface area contributed by atoms with E-state index in [2.05, 4.69) is 37.2 Å². The van der Waals surface area contributed by atoms with Crippen LogP contribution in [0, 0.1) is 5.82 Å². The van der Waals surface area contributed by atoms with Gasteiger partial charge in [0, 0.05) is 4.47 Å². The van der Waals surface area contributed by atoms with Crippen molar-refractivity contribution in [2.24, 2.45) is 0 Å². The molecule has 1 aromatic heterocycles. The van der Waals surface area contributed by atoms with Gasteiger partial charge in [-0.25, -0.2) is 4.39 Å². The van der Waals surface area contributed by atoms with Crippen LogP contribution >= 0.6 is 43.2 Å². The quantitative estimate of drug-likeness (QED) is 0.749. The Labute approximate surface area is 123 Å². The molecule has 3 nitrogen and oxygen atoms in total. The van der Waals surface area contributed by atoms with Gasteiger partial charge in [0.25, 0.3) is 5.91 Å². The Morgan fingerprint density at radius 1 is 1.33 bits per heavy atom. The Hall–Kier alpha value is -0.920. The fraction of sp³-hybridized carbons (Fsp3) is 0. The van der Waals surface area contributed by atoms with Crippen molar-refractivity contribution in [3.8, 4) is 0 Å². The average molecular weight is 394 g/mol.